The number of benzene rings is 1. The zero-order chi connectivity index (χ0) is 27.4. The monoisotopic (exact) mass is 551 g/mol. The van der Waals surface area contributed by atoms with Crippen LogP contribution in [-0.2, 0) is 4.79 Å². The smallest absolute Gasteiger partial charge is 0.330 e. The standard InChI is InChI=1S/C29H26FNO5S2/c1-15-10-12-37-25(15)22-21(24(32)20-9-8-17(3)36-20)23(26-16(2)11-13-38-26)31(29(22,4)28(34)35)27(33)18-6-5-7-19(30)14-18/h5-14,21-23H,1-4H3,(H,34,35). The van der Waals surface area contributed by atoms with Gasteiger partial charge in [-0.2, -0.15) is 0 Å². The van der Waals surface area contributed by atoms with Gasteiger partial charge in [0.15, 0.2) is 5.76 Å². The van der Waals surface area contributed by atoms with E-state index in [1.165, 1.54) is 52.7 Å². The summed E-state index contributed by atoms with van der Waals surface area (Å²) in [5.74, 6) is -4.08. The van der Waals surface area contributed by atoms with Crippen LogP contribution in [0.3, 0.4) is 0 Å². The quantitative estimate of drug-likeness (QED) is 0.267. The van der Waals surface area contributed by atoms with Crippen molar-refractivity contribution >= 4 is 40.3 Å². The van der Waals surface area contributed by atoms with Crippen molar-refractivity contribution in [1.82, 2.24) is 4.90 Å². The van der Waals surface area contributed by atoms with Crippen molar-refractivity contribution in [2.24, 2.45) is 5.92 Å². The van der Waals surface area contributed by atoms with Crippen LogP contribution in [-0.4, -0.2) is 33.2 Å². The fraction of sp³-hybridized carbons (Fsp3) is 0.276. The van der Waals surface area contributed by atoms with Crippen LogP contribution in [0.2, 0.25) is 0 Å². The SMILES string of the molecule is Cc1ccc(C(=O)C2C(c3sccc3C)N(C(=O)c3cccc(F)c3)C(C)(C(=O)O)C2c2sccc2C)o1. The molecule has 38 heavy (non-hydrogen) atoms. The van der Waals surface area contributed by atoms with E-state index in [0.29, 0.717) is 15.5 Å². The molecule has 4 atom stereocenters. The first-order valence-corrected chi connectivity index (χ1v) is 13.8. The number of carboxylic acid groups (broad SMARTS) is 1. The lowest BCUT2D eigenvalue weighted by atomic mass is 9.75. The number of hydrogen-bond donors (Lipinski definition) is 1. The molecule has 1 saturated heterocycles. The second-order valence-electron chi connectivity index (χ2n) is 9.80. The topological polar surface area (TPSA) is 87.8 Å². The van der Waals surface area contributed by atoms with Crippen molar-refractivity contribution in [1.29, 1.82) is 0 Å². The summed E-state index contributed by atoms with van der Waals surface area (Å²) in [4.78, 5) is 44.5. The second-order valence-corrected chi connectivity index (χ2v) is 11.7. The molecule has 4 unspecified atom stereocenters. The molecule has 3 aromatic heterocycles. The van der Waals surface area contributed by atoms with Gasteiger partial charge in [-0.3, -0.25) is 9.59 Å². The number of aliphatic carboxylic acids is 1. The largest absolute Gasteiger partial charge is 0.479 e. The summed E-state index contributed by atoms with van der Waals surface area (Å²) in [6, 6.07) is 11.3. The highest BCUT2D eigenvalue weighted by molar-refractivity contribution is 7.10. The highest BCUT2D eigenvalue weighted by atomic mass is 32.1. The van der Waals surface area contributed by atoms with Crippen molar-refractivity contribution in [3.8, 4) is 0 Å². The lowest BCUT2D eigenvalue weighted by molar-refractivity contribution is -0.148. The number of furan rings is 1. The number of hydrogen-bond acceptors (Lipinski definition) is 6. The maximum Gasteiger partial charge on any atom is 0.330 e. The van der Waals surface area contributed by atoms with Crippen molar-refractivity contribution in [3.63, 3.8) is 0 Å². The summed E-state index contributed by atoms with van der Waals surface area (Å²) in [7, 11) is 0. The zero-order valence-electron chi connectivity index (χ0n) is 21.2. The predicted octanol–water partition coefficient (Wildman–Crippen LogP) is 6.79. The Balaban J connectivity index is 1.83. The van der Waals surface area contributed by atoms with Crippen LogP contribution in [0.4, 0.5) is 4.39 Å². The number of rotatable bonds is 6. The van der Waals surface area contributed by atoms with Crippen molar-refractivity contribution in [3.05, 3.63) is 103 Å². The summed E-state index contributed by atoms with van der Waals surface area (Å²) >= 11 is 2.73. The first-order valence-electron chi connectivity index (χ1n) is 12.1. The second kappa shape index (κ2) is 9.63. The predicted molar refractivity (Wildman–Crippen MR) is 143 cm³/mol. The van der Waals surface area contributed by atoms with Crippen LogP contribution in [0.1, 0.15) is 66.4 Å². The van der Waals surface area contributed by atoms with Gasteiger partial charge >= 0.3 is 5.97 Å². The van der Waals surface area contributed by atoms with Crippen LogP contribution in [0.15, 0.2) is 63.7 Å². The Kier molecular flexibility index (Phi) is 6.61. The van der Waals surface area contributed by atoms with Gasteiger partial charge in [0, 0.05) is 21.2 Å². The normalized spacial score (nSPS) is 23.1. The summed E-state index contributed by atoms with van der Waals surface area (Å²) in [5, 5.41) is 14.5. The van der Waals surface area contributed by atoms with E-state index in [9.17, 15) is 23.9 Å². The van der Waals surface area contributed by atoms with Crippen molar-refractivity contribution in [2.75, 3.05) is 0 Å². The molecular formula is C29H26FNO5S2. The van der Waals surface area contributed by atoms with E-state index in [1.54, 1.807) is 19.1 Å². The zero-order valence-corrected chi connectivity index (χ0v) is 22.9. The molecule has 1 aliphatic rings. The first kappa shape index (κ1) is 26.1. The Morgan fingerprint density at radius 3 is 2.16 bits per heavy atom. The molecule has 196 valence electrons. The molecule has 0 radical (unpaired) electrons. The average Bonchev–Trinajstić information content (AvgIpc) is 3.65. The van der Waals surface area contributed by atoms with E-state index in [1.807, 2.05) is 36.7 Å². The van der Waals surface area contributed by atoms with Crippen LogP contribution >= 0.6 is 22.7 Å². The van der Waals surface area contributed by atoms with Gasteiger partial charge in [-0.25, -0.2) is 9.18 Å². The maximum absolute atomic E-state index is 14.3. The fourth-order valence-electron chi connectivity index (χ4n) is 5.58. The molecule has 4 heterocycles. The third-order valence-electron chi connectivity index (χ3n) is 7.45. The lowest BCUT2D eigenvalue weighted by Gasteiger charge is -2.37. The summed E-state index contributed by atoms with van der Waals surface area (Å²) in [6.07, 6.45) is 0. The Labute approximate surface area is 227 Å². The van der Waals surface area contributed by atoms with Gasteiger partial charge in [-0.15, -0.1) is 22.7 Å². The number of carbonyl (C=O) groups is 3. The number of likely N-dealkylation sites (tertiary alicyclic amines) is 1. The molecule has 1 fully saturated rings. The van der Waals surface area contributed by atoms with Crippen molar-refractivity contribution in [2.45, 2.75) is 45.2 Å². The third kappa shape index (κ3) is 4.01. The number of thiophene rings is 2. The van der Waals surface area contributed by atoms with Gasteiger partial charge in [0.25, 0.3) is 5.91 Å². The van der Waals surface area contributed by atoms with Crippen LogP contribution in [0, 0.1) is 32.5 Å². The van der Waals surface area contributed by atoms with E-state index in [-0.39, 0.29) is 17.1 Å². The number of aryl methyl sites for hydroxylation is 3. The van der Waals surface area contributed by atoms with Crippen LogP contribution < -0.4 is 0 Å². The molecule has 4 aromatic rings. The minimum absolute atomic E-state index is 0.0141. The molecular weight excluding hydrogens is 525 g/mol. The van der Waals surface area contributed by atoms with Gasteiger partial charge in [0.05, 0.1) is 12.0 Å². The van der Waals surface area contributed by atoms with Gasteiger partial charge in [-0.1, -0.05) is 6.07 Å². The van der Waals surface area contributed by atoms with E-state index < -0.39 is 41.1 Å². The number of carbonyl (C=O) groups excluding carboxylic acids is 2. The minimum atomic E-state index is -1.83. The van der Waals surface area contributed by atoms with Crippen LogP contribution in [0.25, 0.3) is 0 Å². The Morgan fingerprint density at radius 2 is 1.63 bits per heavy atom. The number of halogens is 1. The molecule has 0 bridgehead atoms. The van der Waals surface area contributed by atoms with E-state index in [0.717, 1.165) is 17.2 Å². The summed E-state index contributed by atoms with van der Waals surface area (Å²) in [6.45, 7) is 6.97. The van der Waals surface area contributed by atoms with E-state index in [2.05, 4.69) is 0 Å². The summed E-state index contributed by atoms with van der Waals surface area (Å²) < 4.78 is 20.0. The van der Waals surface area contributed by atoms with E-state index >= 15 is 0 Å². The molecule has 1 N–H and O–H groups in total. The fourth-order valence-corrected chi connectivity index (χ4v) is 7.84. The van der Waals surface area contributed by atoms with Gasteiger partial charge in [0.1, 0.15) is 17.1 Å². The Hall–Kier alpha value is -3.56. The number of amides is 1. The van der Waals surface area contributed by atoms with Gasteiger partial charge in [0.2, 0.25) is 5.78 Å². The molecule has 1 amide bonds. The third-order valence-corrected chi connectivity index (χ3v) is 9.64. The number of ketones is 1. The molecule has 0 aliphatic carbocycles. The number of carboxylic acids is 1. The molecule has 1 aromatic carbocycles. The maximum atomic E-state index is 14.3. The average molecular weight is 552 g/mol. The highest BCUT2D eigenvalue weighted by Gasteiger charge is 2.66. The molecule has 6 nitrogen and oxygen atoms in total. The van der Waals surface area contributed by atoms with Gasteiger partial charge in [-0.05, 0) is 92.0 Å². The minimum Gasteiger partial charge on any atom is -0.479 e. The molecule has 9 heteroatoms. The lowest BCUT2D eigenvalue weighted by Crippen LogP contribution is -2.54. The molecule has 0 saturated carbocycles. The summed E-state index contributed by atoms with van der Waals surface area (Å²) in [5.41, 5.74) is -0.146. The van der Waals surface area contributed by atoms with Crippen molar-refractivity contribution < 1.29 is 28.3 Å². The Bertz CT molecular complexity index is 1550. The van der Waals surface area contributed by atoms with E-state index in [4.69, 9.17) is 4.42 Å². The first-order chi connectivity index (χ1) is 18.1. The molecule has 5 rings (SSSR count). The number of Topliss-reactive ketones (excluding diaryl/α,β-unsaturated/α-hetero) is 1. The van der Waals surface area contributed by atoms with Crippen LogP contribution in [0.5, 0.6) is 0 Å². The number of nitrogens with zero attached hydrogens (tertiary/aromatic N) is 1. The molecule has 1 aliphatic heterocycles. The Morgan fingerprint density at radius 1 is 0.974 bits per heavy atom. The molecule has 0 spiro atoms. The van der Waals surface area contributed by atoms with Gasteiger partial charge < -0.3 is 14.4 Å². The highest BCUT2D eigenvalue weighted by Crippen LogP contribution is 2.59.